The van der Waals surface area contributed by atoms with Gasteiger partial charge in [-0.3, -0.25) is 0 Å². The molecule has 0 aliphatic carbocycles. The fourth-order valence-corrected chi connectivity index (χ4v) is 3.73. The molecular weight excluding hydrogens is 312 g/mol. The highest BCUT2D eigenvalue weighted by Crippen LogP contribution is 2.28. The van der Waals surface area contributed by atoms with Crippen molar-refractivity contribution >= 4 is 15.9 Å². The van der Waals surface area contributed by atoms with E-state index in [1.807, 2.05) is 0 Å². The Kier molecular flexibility index (Phi) is 7.21. The standard InChI is InChI=1S/C17H29BrN2/c1-6-17(7-2,20(4)5)16(19-8-3)13-14-10-9-11-15(18)12-14/h9-12,16,19H,6-8,13H2,1-5H3. The lowest BCUT2D eigenvalue weighted by molar-refractivity contribution is 0.0889. The van der Waals surface area contributed by atoms with Crippen LogP contribution in [0.3, 0.4) is 0 Å². The number of nitrogens with one attached hydrogen (secondary N) is 1. The summed E-state index contributed by atoms with van der Waals surface area (Å²) in [6, 6.07) is 9.13. The molecule has 0 bridgehead atoms. The number of rotatable bonds is 8. The average Bonchev–Trinajstić information content (AvgIpc) is 2.40. The first-order valence-electron chi connectivity index (χ1n) is 7.65. The molecule has 114 valence electrons. The predicted octanol–water partition coefficient (Wildman–Crippen LogP) is 4.09. The van der Waals surface area contributed by atoms with Crippen LogP contribution in [0.4, 0.5) is 0 Å². The highest BCUT2D eigenvalue weighted by atomic mass is 79.9. The Bertz CT molecular complexity index is 400. The zero-order valence-corrected chi connectivity index (χ0v) is 15.1. The van der Waals surface area contributed by atoms with Gasteiger partial charge < -0.3 is 10.2 Å². The topological polar surface area (TPSA) is 15.3 Å². The van der Waals surface area contributed by atoms with E-state index in [0.717, 1.165) is 30.3 Å². The number of nitrogens with zero attached hydrogens (tertiary/aromatic N) is 1. The van der Waals surface area contributed by atoms with Crippen LogP contribution in [0.5, 0.6) is 0 Å². The van der Waals surface area contributed by atoms with E-state index in [2.05, 4.69) is 85.3 Å². The van der Waals surface area contributed by atoms with Gasteiger partial charge in [-0.15, -0.1) is 0 Å². The van der Waals surface area contributed by atoms with Crippen molar-refractivity contribution in [2.75, 3.05) is 20.6 Å². The second-order valence-electron chi connectivity index (χ2n) is 5.65. The van der Waals surface area contributed by atoms with E-state index >= 15 is 0 Å². The third kappa shape index (κ3) is 4.06. The SMILES string of the molecule is CCNC(Cc1cccc(Br)c1)C(CC)(CC)N(C)C. The minimum absolute atomic E-state index is 0.207. The van der Waals surface area contributed by atoms with Crippen molar-refractivity contribution in [3.8, 4) is 0 Å². The summed E-state index contributed by atoms with van der Waals surface area (Å²) in [5, 5.41) is 3.72. The lowest BCUT2D eigenvalue weighted by Gasteiger charge is -2.45. The first-order chi connectivity index (χ1) is 9.50. The van der Waals surface area contributed by atoms with Gasteiger partial charge in [0.2, 0.25) is 0 Å². The predicted molar refractivity (Wildman–Crippen MR) is 92.3 cm³/mol. The summed E-state index contributed by atoms with van der Waals surface area (Å²) in [7, 11) is 4.41. The van der Waals surface area contributed by atoms with Crippen molar-refractivity contribution in [2.24, 2.45) is 0 Å². The summed E-state index contributed by atoms with van der Waals surface area (Å²) in [6.07, 6.45) is 3.37. The monoisotopic (exact) mass is 340 g/mol. The highest BCUT2D eigenvalue weighted by Gasteiger charge is 2.37. The molecule has 1 aromatic carbocycles. The number of halogens is 1. The van der Waals surface area contributed by atoms with Crippen LogP contribution in [0.1, 0.15) is 39.2 Å². The molecule has 0 spiro atoms. The normalized spacial score (nSPS) is 13.8. The molecular formula is C17H29BrN2. The van der Waals surface area contributed by atoms with Gasteiger partial charge in [0.1, 0.15) is 0 Å². The van der Waals surface area contributed by atoms with Crippen LogP contribution in [0.2, 0.25) is 0 Å². The highest BCUT2D eigenvalue weighted by molar-refractivity contribution is 9.10. The zero-order chi connectivity index (χ0) is 15.2. The molecule has 1 rings (SSSR count). The fourth-order valence-electron chi connectivity index (χ4n) is 3.29. The summed E-state index contributed by atoms with van der Waals surface area (Å²) >= 11 is 3.57. The molecule has 1 N–H and O–H groups in total. The van der Waals surface area contributed by atoms with Crippen molar-refractivity contribution in [1.29, 1.82) is 0 Å². The third-order valence-electron chi connectivity index (χ3n) is 4.54. The van der Waals surface area contributed by atoms with Gasteiger partial charge in [0.25, 0.3) is 0 Å². The first-order valence-corrected chi connectivity index (χ1v) is 8.44. The van der Waals surface area contributed by atoms with Crippen LogP contribution in [-0.2, 0) is 6.42 Å². The van der Waals surface area contributed by atoms with Gasteiger partial charge in [-0.2, -0.15) is 0 Å². The fraction of sp³-hybridized carbons (Fsp3) is 0.647. The molecule has 1 unspecified atom stereocenters. The molecule has 1 aromatic rings. The Morgan fingerprint density at radius 1 is 1.20 bits per heavy atom. The van der Waals surface area contributed by atoms with Crippen LogP contribution < -0.4 is 5.32 Å². The maximum Gasteiger partial charge on any atom is 0.0354 e. The van der Waals surface area contributed by atoms with E-state index in [-0.39, 0.29) is 5.54 Å². The van der Waals surface area contributed by atoms with E-state index < -0.39 is 0 Å². The molecule has 0 heterocycles. The Morgan fingerprint density at radius 2 is 1.85 bits per heavy atom. The van der Waals surface area contributed by atoms with Gasteiger partial charge in [0, 0.05) is 16.1 Å². The van der Waals surface area contributed by atoms with Gasteiger partial charge in [-0.05, 0) is 57.6 Å². The molecule has 0 aliphatic heterocycles. The molecule has 20 heavy (non-hydrogen) atoms. The van der Waals surface area contributed by atoms with Crippen LogP contribution in [0.25, 0.3) is 0 Å². The van der Waals surface area contributed by atoms with E-state index in [4.69, 9.17) is 0 Å². The quantitative estimate of drug-likeness (QED) is 0.766. The molecule has 2 nitrogen and oxygen atoms in total. The van der Waals surface area contributed by atoms with E-state index in [1.165, 1.54) is 5.56 Å². The molecule has 0 amide bonds. The van der Waals surface area contributed by atoms with E-state index in [1.54, 1.807) is 0 Å². The number of hydrogen-bond acceptors (Lipinski definition) is 2. The average molecular weight is 341 g/mol. The number of hydrogen-bond donors (Lipinski definition) is 1. The summed E-state index contributed by atoms with van der Waals surface area (Å²) in [5.74, 6) is 0. The summed E-state index contributed by atoms with van der Waals surface area (Å²) in [6.45, 7) is 7.80. The Labute approximate surface area is 133 Å². The lowest BCUT2D eigenvalue weighted by Crippen LogP contribution is -2.59. The van der Waals surface area contributed by atoms with Gasteiger partial charge in [0.15, 0.2) is 0 Å². The van der Waals surface area contributed by atoms with Gasteiger partial charge in [0.05, 0.1) is 0 Å². The maximum absolute atomic E-state index is 3.72. The molecule has 1 atom stereocenters. The first kappa shape index (κ1) is 17.7. The molecule has 0 aromatic heterocycles. The molecule has 0 fully saturated rings. The van der Waals surface area contributed by atoms with E-state index in [9.17, 15) is 0 Å². The van der Waals surface area contributed by atoms with Gasteiger partial charge >= 0.3 is 0 Å². The number of likely N-dealkylation sites (N-methyl/N-ethyl adjacent to an activating group) is 2. The van der Waals surface area contributed by atoms with Crippen molar-refractivity contribution in [3.05, 3.63) is 34.3 Å². The minimum Gasteiger partial charge on any atom is -0.312 e. The minimum atomic E-state index is 0.207. The van der Waals surface area contributed by atoms with Crippen LogP contribution in [0, 0.1) is 0 Å². The molecule has 0 aliphatic rings. The molecule has 3 heteroatoms. The van der Waals surface area contributed by atoms with Crippen LogP contribution >= 0.6 is 15.9 Å². The smallest absolute Gasteiger partial charge is 0.0354 e. The van der Waals surface area contributed by atoms with E-state index in [0.29, 0.717) is 6.04 Å². The summed E-state index contributed by atoms with van der Waals surface area (Å²) in [4.78, 5) is 2.40. The van der Waals surface area contributed by atoms with Gasteiger partial charge in [-0.1, -0.05) is 48.8 Å². The van der Waals surface area contributed by atoms with Crippen LogP contribution in [0.15, 0.2) is 28.7 Å². The molecule has 0 saturated carbocycles. The van der Waals surface area contributed by atoms with Crippen molar-refractivity contribution in [1.82, 2.24) is 10.2 Å². The van der Waals surface area contributed by atoms with Crippen molar-refractivity contribution in [3.63, 3.8) is 0 Å². The van der Waals surface area contributed by atoms with Crippen LogP contribution in [-0.4, -0.2) is 37.1 Å². The second-order valence-corrected chi connectivity index (χ2v) is 6.57. The Morgan fingerprint density at radius 3 is 2.30 bits per heavy atom. The Hall–Kier alpha value is -0.380. The largest absolute Gasteiger partial charge is 0.312 e. The zero-order valence-electron chi connectivity index (χ0n) is 13.5. The molecule has 0 saturated heterocycles. The second kappa shape index (κ2) is 8.16. The summed E-state index contributed by atoms with van der Waals surface area (Å²) in [5.41, 5.74) is 1.59. The maximum atomic E-state index is 3.72. The Balaban J connectivity index is 3.03. The van der Waals surface area contributed by atoms with Gasteiger partial charge in [-0.25, -0.2) is 0 Å². The lowest BCUT2D eigenvalue weighted by atomic mass is 9.80. The van der Waals surface area contributed by atoms with Crippen molar-refractivity contribution in [2.45, 2.75) is 51.6 Å². The molecule has 0 radical (unpaired) electrons. The summed E-state index contributed by atoms with van der Waals surface area (Å²) < 4.78 is 1.16. The number of benzene rings is 1. The third-order valence-corrected chi connectivity index (χ3v) is 5.04. The van der Waals surface area contributed by atoms with Crippen molar-refractivity contribution < 1.29 is 0 Å².